The van der Waals surface area contributed by atoms with Crippen molar-refractivity contribution < 1.29 is 14.5 Å². The molecular formula is C13H18N2O4. The van der Waals surface area contributed by atoms with Crippen molar-refractivity contribution in [3.8, 4) is 0 Å². The van der Waals surface area contributed by atoms with Crippen LogP contribution in [0.3, 0.4) is 0 Å². The smallest absolute Gasteiger partial charge is 0.293 e. The number of carbonyl (C=O) groups excluding carboxylic acids is 1. The van der Waals surface area contributed by atoms with Gasteiger partial charge in [0.05, 0.1) is 10.5 Å². The van der Waals surface area contributed by atoms with Gasteiger partial charge in [0.1, 0.15) is 12.3 Å². The molecule has 0 aliphatic rings. The number of anilines is 1. The summed E-state index contributed by atoms with van der Waals surface area (Å²) in [7, 11) is 0. The number of aryl methyl sites for hydroxylation is 1. The number of nitro groups is 1. The van der Waals surface area contributed by atoms with Crippen LogP contribution < -0.4 is 5.32 Å². The predicted octanol–water partition coefficient (Wildman–Crippen LogP) is 2.66. The third-order valence-corrected chi connectivity index (χ3v) is 2.26. The quantitative estimate of drug-likeness (QED) is 0.671. The highest BCUT2D eigenvalue weighted by molar-refractivity contribution is 5.94. The number of nitro benzene ring substituents is 1. The lowest BCUT2D eigenvalue weighted by Crippen LogP contribution is -2.27. The second kappa shape index (κ2) is 5.79. The van der Waals surface area contributed by atoms with Gasteiger partial charge in [-0.15, -0.1) is 0 Å². The molecule has 1 aromatic carbocycles. The lowest BCUT2D eigenvalue weighted by atomic mass is 10.2. The molecule has 0 aliphatic heterocycles. The Kier molecular flexibility index (Phi) is 4.61. The summed E-state index contributed by atoms with van der Waals surface area (Å²) in [5, 5.41) is 13.4. The normalized spacial score (nSPS) is 11.2. The number of hydrogen-bond acceptors (Lipinski definition) is 4. The monoisotopic (exact) mass is 266 g/mol. The van der Waals surface area contributed by atoms with Gasteiger partial charge in [0, 0.05) is 6.07 Å². The number of rotatable bonds is 4. The minimum absolute atomic E-state index is 0.121. The highest BCUT2D eigenvalue weighted by Crippen LogP contribution is 2.25. The number of ether oxygens (including phenoxy) is 1. The molecule has 0 spiro atoms. The van der Waals surface area contributed by atoms with Gasteiger partial charge >= 0.3 is 0 Å². The average molecular weight is 266 g/mol. The zero-order valence-electron chi connectivity index (χ0n) is 11.5. The largest absolute Gasteiger partial charge is 0.366 e. The standard InChI is InChI=1S/C13H18N2O4/c1-9-5-6-10(11(7-9)15(17)18)14-12(16)8-19-13(2,3)4/h5-7H,8H2,1-4H3,(H,14,16). The first-order chi connectivity index (χ1) is 8.69. The maximum atomic E-state index is 11.7. The molecule has 0 aromatic heterocycles. The third kappa shape index (κ3) is 5.05. The summed E-state index contributed by atoms with van der Waals surface area (Å²) in [6, 6.07) is 4.63. The van der Waals surface area contributed by atoms with Crippen molar-refractivity contribution in [1.29, 1.82) is 0 Å². The zero-order valence-corrected chi connectivity index (χ0v) is 11.5. The first-order valence-electron chi connectivity index (χ1n) is 5.88. The summed E-state index contributed by atoms with van der Waals surface area (Å²) < 4.78 is 5.31. The lowest BCUT2D eigenvalue weighted by molar-refractivity contribution is -0.384. The van der Waals surface area contributed by atoms with Crippen molar-refractivity contribution in [1.82, 2.24) is 0 Å². The lowest BCUT2D eigenvalue weighted by Gasteiger charge is -2.18. The second-order valence-corrected chi connectivity index (χ2v) is 5.23. The van der Waals surface area contributed by atoms with Crippen LogP contribution in [0.4, 0.5) is 11.4 Å². The Hall–Kier alpha value is -1.95. The van der Waals surface area contributed by atoms with Crippen molar-refractivity contribution in [3.05, 3.63) is 33.9 Å². The Morgan fingerprint density at radius 3 is 2.58 bits per heavy atom. The molecule has 0 bridgehead atoms. The number of hydrogen-bond donors (Lipinski definition) is 1. The van der Waals surface area contributed by atoms with Crippen molar-refractivity contribution in [2.75, 3.05) is 11.9 Å². The van der Waals surface area contributed by atoms with E-state index in [0.717, 1.165) is 5.56 Å². The van der Waals surface area contributed by atoms with E-state index in [1.54, 1.807) is 13.0 Å². The molecule has 19 heavy (non-hydrogen) atoms. The van der Waals surface area contributed by atoms with E-state index in [-0.39, 0.29) is 18.0 Å². The second-order valence-electron chi connectivity index (χ2n) is 5.23. The van der Waals surface area contributed by atoms with Gasteiger partial charge in [-0.2, -0.15) is 0 Å². The van der Waals surface area contributed by atoms with E-state index in [1.807, 2.05) is 20.8 Å². The van der Waals surface area contributed by atoms with Crippen LogP contribution in [0.15, 0.2) is 18.2 Å². The van der Waals surface area contributed by atoms with E-state index in [0.29, 0.717) is 0 Å². The van der Waals surface area contributed by atoms with E-state index in [4.69, 9.17) is 4.74 Å². The minimum atomic E-state index is -0.521. The van der Waals surface area contributed by atoms with Crippen molar-refractivity contribution in [2.24, 2.45) is 0 Å². The first-order valence-corrected chi connectivity index (χ1v) is 5.88. The van der Waals surface area contributed by atoms with Gasteiger partial charge in [-0.25, -0.2) is 0 Å². The molecule has 0 heterocycles. The molecule has 1 N–H and O–H groups in total. The summed E-state index contributed by atoms with van der Waals surface area (Å²) in [5.74, 6) is -0.415. The molecule has 0 aliphatic carbocycles. The van der Waals surface area contributed by atoms with Gasteiger partial charge in [-0.3, -0.25) is 14.9 Å². The molecule has 0 saturated heterocycles. The van der Waals surface area contributed by atoms with Crippen LogP contribution >= 0.6 is 0 Å². The molecule has 0 unspecified atom stereocenters. The van der Waals surface area contributed by atoms with Gasteiger partial charge in [-0.1, -0.05) is 6.07 Å². The Labute approximate surface area is 111 Å². The third-order valence-electron chi connectivity index (χ3n) is 2.26. The highest BCUT2D eigenvalue weighted by Gasteiger charge is 2.17. The number of nitrogens with zero attached hydrogens (tertiary/aromatic N) is 1. The molecule has 1 amide bonds. The summed E-state index contributed by atoms with van der Waals surface area (Å²) >= 11 is 0. The number of amides is 1. The Balaban J connectivity index is 2.77. The van der Waals surface area contributed by atoms with Crippen LogP contribution in [0.2, 0.25) is 0 Å². The molecule has 0 fully saturated rings. The summed E-state index contributed by atoms with van der Waals surface area (Å²) in [4.78, 5) is 22.0. The average Bonchev–Trinajstić information content (AvgIpc) is 2.28. The van der Waals surface area contributed by atoms with Crippen LogP contribution in [-0.2, 0) is 9.53 Å². The molecule has 6 nitrogen and oxygen atoms in total. The van der Waals surface area contributed by atoms with Gasteiger partial charge in [0.2, 0.25) is 0 Å². The topological polar surface area (TPSA) is 81.5 Å². The fraction of sp³-hybridized carbons (Fsp3) is 0.462. The highest BCUT2D eigenvalue weighted by atomic mass is 16.6. The van der Waals surface area contributed by atoms with Crippen molar-refractivity contribution in [3.63, 3.8) is 0 Å². The number of benzene rings is 1. The van der Waals surface area contributed by atoms with Gasteiger partial charge in [-0.05, 0) is 39.3 Å². The molecule has 1 aromatic rings. The van der Waals surface area contributed by atoms with Gasteiger partial charge in [0.15, 0.2) is 0 Å². The van der Waals surface area contributed by atoms with Gasteiger partial charge < -0.3 is 10.1 Å². The molecule has 0 radical (unpaired) electrons. The molecule has 1 rings (SSSR count). The maximum absolute atomic E-state index is 11.7. The Bertz CT molecular complexity index is 492. The summed E-state index contributed by atoms with van der Waals surface area (Å²) in [6.07, 6.45) is 0. The molecule has 0 saturated carbocycles. The van der Waals surface area contributed by atoms with E-state index in [9.17, 15) is 14.9 Å². The van der Waals surface area contributed by atoms with Gasteiger partial charge in [0.25, 0.3) is 11.6 Å². The predicted molar refractivity (Wildman–Crippen MR) is 72.2 cm³/mol. The zero-order chi connectivity index (χ0) is 14.6. The van der Waals surface area contributed by atoms with Crippen LogP contribution in [0.1, 0.15) is 26.3 Å². The van der Waals surface area contributed by atoms with Crippen LogP contribution in [-0.4, -0.2) is 23.0 Å². The first kappa shape index (κ1) is 15.1. The maximum Gasteiger partial charge on any atom is 0.293 e. The molecule has 6 heteroatoms. The number of carbonyl (C=O) groups is 1. The van der Waals surface area contributed by atoms with Crippen molar-refractivity contribution in [2.45, 2.75) is 33.3 Å². The molecular weight excluding hydrogens is 248 g/mol. The van der Waals surface area contributed by atoms with E-state index in [2.05, 4.69) is 5.32 Å². The summed E-state index contributed by atoms with van der Waals surface area (Å²) in [6.45, 7) is 7.09. The van der Waals surface area contributed by atoms with Crippen LogP contribution in [0.25, 0.3) is 0 Å². The molecule has 0 atom stereocenters. The Morgan fingerprint density at radius 2 is 2.05 bits per heavy atom. The van der Waals surface area contributed by atoms with E-state index < -0.39 is 16.4 Å². The Morgan fingerprint density at radius 1 is 1.42 bits per heavy atom. The van der Waals surface area contributed by atoms with Crippen LogP contribution in [0.5, 0.6) is 0 Å². The fourth-order valence-corrected chi connectivity index (χ4v) is 1.37. The summed E-state index contributed by atoms with van der Waals surface area (Å²) in [5.41, 5.74) is 0.383. The van der Waals surface area contributed by atoms with Crippen molar-refractivity contribution >= 4 is 17.3 Å². The number of nitrogens with one attached hydrogen (secondary N) is 1. The van der Waals surface area contributed by atoms with Crippen LogP contribution in [0, 0.1) is 17.0 Å². The van der Waals surface area contributed by atoms with E-state index in [1.165, 1.54) is 12.1 Å². The minimum Gasteiger partial charge on any atom is -0.366 e. The molecule has 104 valence electrons. The van der Waals surface area contributed by atoms with E-state index >= 15 is 0 Å². The fourth-order valence-electron chi connectivity index (χ4n) is 1.37. The SMILES string of the molecule is Cc1ccc(NC(=O)COC(C)(C)C)c([N+](=O)[O-])c1.